The normalized spacial score (nSPS) is 16.1. The third kappa shape index (κ3) is 3.51. The zero-order valence-electron chi connectivity index (χ0n) is 16.3. The van der Waals surface area contributed by atoms with E-state index in [-0.39, 0.29) is 0 Å². The van der Waals surface area contributed by atoms with Crippen LogP contribution in [0.3, 0.4) is 0 Å². The second kappa shape index (κ2) is 7.05. The molecule has 0 bridgehead atoms. The Labute approximate surface area is 157 Å². The Morgan fingerprint density at radius 1 is 0.731 bits per heavy atom. The van der Waals surface area contributed by atoms with Crippen LogP contribution in [0.25, 0.3) is 0 Å². The van der Waals surface area contributed by atoms with Crippen molar-refractivity contribution in [2.75, 3.05) is 31.1 Å². The lowest BCUT2D eigenvalue weighted by Crippen LogP contribution is -2.49. The summed E-state index contributed by atoms with van der Waals surface area (Å²) in [4.78, 5) is 2.73. The molecule has 140 valence electrons. The summed E-state index contributed by atoms with van der Waals surface area (Å²) in [5.74, 6) is 0. The number of piperazine rings is 1. The quantitative estimate of drug-likeness (QED) is 0.824. The van der Waals surface area contributed by atoms with E-state index in [9.17, 15) is 8.42 Å². The molecule has 0 N–H and O–H groups in total. The molecule has 0 aliphatic carbocycles. The largest absolute Gasteiger partial charge is 0.369 e. The van der Waals surface area contributed by atoms with Gasteiger partial charge >= 0.3 is 0 Å². The molecule has 1 saturated heterocycles. The lowest BCUT2D eigenvalue weighted by molar-refractivity contribution is 0.384. The van der Waals surface area contributed by atoms with E-state index < -0.39 is 10.0 Å². The SMILES string of the molecule is Cc1ccc(N2CCN(S(=O)(=O)c3cc(C)c(C)cc3C)CC2)c(C)c1. The van der Waals surface area contributed by atoms with Crippen molar-refractivity contribution in [2.24, 2.45) is 0 Å². The van der Waals surface area contributed by atoms with Crippen LogP contribution in [0.2, 0.25) is 0 Å². The van der Waals surface area contributed by atoms with E-state index in [0.29, 0.717) is 31.1 Å². The monoisotopic (exact) mass is 372 g/mol. The average molecular weight is 373 g/mol. The number of nitrogens with zero attached hydrogens (tertiary/aromatic N) is 2. The molecule has 1 heterocycles. The van der Waals surface area contributed by atoms with E-state index in [1.807, 2.05) is 32.9 Å². The highest BCUT2D eigenvalue weighted by atomic mass is 32.2. The van der Waals surface area contributed by atoms with Gasteiger partial charge in [0.1, 0.15) is 0 Å². The van der Waals surface area contributed by atoms with Crippen molar-refractivity contribution in [1.29, 1.82) is 0 Å². The zero-order chi connectivity index (χ0) is 19.1. The summed E-state index contributed by atoms with van der Waals surface area (Å²) in [5, 5.41) is 0. The smallest absolute Gasteiger partial charge is 0.243 e. The Balaban J connectivity index is 1.80. The highest BCUT2D eigenvalue weighted by molar-refractivity contribution is 7.89. The van der Waals surface area contributed by atoms with Crippen molar-refractivity contribution in [3.8, 4) is 0 Å². The Kier molecular flexibility index (Phi) is 5.13. The molecule has 26 heavy (non-hydrogen) atoms. The molecule has 1 aliphatic heterocycles. The van der Waals surface area contributed by atoms with E-state index in [1.165, 1.54) is 16.8 Å². The summed E-state index contributed by atoms with van der Waals surface area (Å²) in [6.07, 6.45) is 0. The van der Waals surface area contributed by atoms with Gasteiger partial charge in [0, 0.05) is 31.9 Å². The van der Waals surface area contributed by atoms with Gasteiger partial charge in [-0.25, -0.2) is 8.42 Å². The lowest BCUT2D eigenvalue weighted by atomic mass is 10.1. The molecule has 0 unspecified atom stereocenters. The van der Waals surface area contributed by atoms with E-state index >= 15 is 0 Å². The highest BCUT2D eigenvalue weighted by Crippen LogP contribution is 2.27. The van der Waals surface area contributed by atoms with Crippen LogP contribution in [0.4, 0.5) is 5.69 Å². The molecule has 0 spiro atoms. The number of hydrogen-bond acceptors (Lipinski definition) is 3. The number of aryl methyl sites for hydroxylation is 5. The van der Waals surface area contributed by atoms with Gasteiger partial charge in [-0.3, -0.25) is 0 Å². The molecule has 3 rings (SSSR count). The van der Waals surface area contributed by atoms with Gasteiger partial charge in [-0.1, -0.05) is 23.8 Å². The first-order chi connectivity index (χ1) is 12.2. The fourth-order valence-corrected chi connectivity index (χ4v) is 5.39. The van der Waals surface area contributed by atoms with Crippen molar-refractivity contribution in [1.82, 2.24) is 4.31 Å². The van der Waals surface area contributed by atoms with Crippen LogP contribution in [0.1, 0.15) is 27.8 Å². The van der Waals surface area contributed by atoms with E-state index in [0.717, 1.165) is 16.7 Å². The molecule has 0 aromatic heterocycles. The van der Waals surface area contributed by atoms with Gasteiger partial charge in [0.25, 0.3) is 0 Å². The topological polar surface area (TPSA) is 40.6 Å². The fraction of sp³-hybridized carbons (Fsp3) is 0.429. The summed E-state index contributed by atoms with van der Waals surface area (Å²) >= 11 is 0. The van der Waals surface area contributed by atoms with Crippen LogP contribution < -0.4 is 4.90 Å². The molecule has 0 amide bonds. The number of benzene rings is 2. The number of anilines is 1. The predicted molar refractivity (Wildman–Crippen MR) is 108 cm³/mol. The van der Waals surface area contributed by atoms with Gasteiger partial charge in [-0.2, -0.15) is 4.31 Å². The molecule has 1 aliphatic rings. The first-order valence-electron chi connectivity index (χ1n) is 9.10. The molecule has 4 nitrogen and oxygen atoms in total. The molecule has 5 heteroatoms. The van der Waals surface area contributed by atoms with Crippen LogP contribution in [0.15, 0.2) is 35.2 Å². The number of rotatable bonds is 3. The van der Waals surface area contributed by atoms with E-state index in [1.54, 1.807) is 4.31 Å². The highest BCUT2D eigenvalue weighted by Gasteiger charge is 2.30. The third-order valence-corrected chi connectivity index (χ3v) is 7.38. The van der Waals surface area contributed by atoms with E-state index in [4.69, 9.17) is 0 Å². The Morgan fingerprint density at radius 3 is 1.96 bits per heavy atom. The summed E-state index contributed by atoms with van der Waals surface area (Å²) in [6.45, 7) is 12.5. The summed E-state index contributed by atoms with van der Waals surface area (Å²) in [5.41, 5.74) is 6.66. The van der Waals surface area contributed by atoms with Gasteiger partial charge in [0.05, 0.1) is 4.90 Å². The first kappa shape index (κ1) is 18.9. The molecule has 0 radical (unpaired) electrons. The van der Waals surface area contributed by atoms with Crippen LogP contribution in [-0.4, -0.2) is 38.9 Å². The van der Waals surface area contributed by atoms with Gasteiger partial charge in [-0.15, -0.1) is 0 Å². The Hall–Kier alpha value is -1.85. The maximum atomic E-state index is 13.1. The number of sulfonamides is 1. The average Bonchev–Trinajstić information content (AvgIpc) is 2.58. The predicted octanol–water partition coefficient (Wildman–Crippen LogP) is 3.74. The van der Waals surface area contributed by atoms with Crippen molar-refractivity contribution in [3.05, 3.63) is 58.1 Å². The summed E-state index contributed by atoms with van der Waals surface area (Å²) in [7, 11) is -3.45. The van der Waals surface area contributed by atoms with E-state index in [2.05, 4.69) is 36.9 Å². The molecule has 0 saturated carbocycles. The van der Waals surface area contributed by atoms with Crippen LogP contribution >= 0.6 is 0 Å². The molecule has 1 fully saturated rings. The maximum Gasteiger partial charge on any atom is 0.243 e. The van der Waals surface area contributed by atoms with Crippen LogP contribution in [-0.2, 0) is 10.0 Å². The van der Waals surface area contributed by atoms with Gasteiger partial charge in [-0.05, 0) is 69.0 Å². The minimum absolute atomic E-state index is 0.445. The molecular weight excluding hydrogens is 344 g/mol. The van der Waals surface area contributed by atoms with Gasteiger partial charge in [0.2, 0.25) is 10.0 Å². The molecule has 2 aromatic rings. The summed E-state index contributed by atoms with van der Waals surface area (Å²) in [6, 6.07) is 10.2. The summed E-state index contributed by atoms with van der Waals surface area (Å²) < 4.78 is 27.9. The van der Waals surface area contributed by atoms with Crippen molar-refractivity contribution < 1.29 is 8.42 Å². The lowest BCUT2D eigenvalue weighted by Gasteiger charge is -2.36. The minimum Gasteiger partial charge on any atom is -0.369 e. The second-order valence-electron chi connectivity index (χ2n) is 7.38. The van der Waals surface area contributed by atoms with Crippen molar-refractivity contribution in [2.45, 2.75) is 39.5 Å². The zero-order valence-corrected chi connectivity index (χ0v) is 17.2. The number of hydrogen-bond donors (Lipinski definition) is 0. The molecule has 0 atom stereocenters. The fourth-order valence-electron chi connectivity index (χ4n) is 3.68. The Bertz CT molecular complexity index is 927. The Morgan fingerprint density at radius 2 is 1.35 bits per heavy atom. The van der Waals surface area contributed by atoms with Gasteiger partial charge < -0.3 is 4.90 Å². The van der Waals surface area contributed by atoms with Crippen LogP contribution in [0, 0.1) is 34.6 Å². The van der Waals surface area contributed by atoms with Crippen molar-refractivity contribution in [3.63, 3.8) is 0 Å². The third-order valence-electron chi connectivity index (χ3n) is 5.34. The molecule has 2 aromatic carbocycles. The van der Waals surface area contributed by atoms with Crippen LogP contribution in [0.5, 0.6) is 0 Å². The van der Waals surface area contributed by atoms with Gasteiger partial charge in [0.15, 0.2) is 0 Å². The standard InChI is InChI=1S/C21H28N2O2S/c1-15-6-7-20(18(4)12-15)22-8-10-23(11-9-22)26(24,25)21-14-17(3)16(2)13-19(21)5/h6-7,12-14H,8-11H2,1-5H3. The van der Waals surface area contributed by atoms with Crippen molar-refractivity contribution >= 4 is 15.7 Å². The maximum absolute atomic E-state index is 13.1. The molecular formula is C21H28N2O2S. The first-order valence-corrected chi connectivity index (χ1v) is 10.5. The second-order valence-corrected chi connectivity index (χ2v) is 9.29. The minimum atomic E-state index is -3.45.